The fraction of sp³-hybridized carbons (Fsp3) is 0.478. The Morgan fingerprint density at radius 1 is 1.00 bits per heavy atom. The van der Waals surface area contributed by atoms with Gasteiger partial charge in [-0.1, -0.05) is 25.1 Å². The maximum atomic E-state index is 6.09. The van der Waals surface area contributed by atoms with Gasteiger partial charge >= 0.3 is 0 Å². The van der Waals surface area contributed by atoms with E-state index in [2.05, 4.69) is 27.5 Å². The summed E-state index contributed by atoms with van der Waals surface area (Å²) in [6.07, 6.45) is 3.52. The van der Waals surface area contributed by atoms with Gasteiger partial charge in [0, 0.05) is 45.6 Å². The van der Waals surface area contributed by atoms with Crippen LogP contribution in [0, 0.1) is 0 Å². The molecular weight excluding hydrogens is 523 g/mol. The van der Waals surface area contributed by atoms with Crippen LogP contribution in [-0.2, 0) is 16.0 Å². The van der Waals surface area contributed by atoms with Crippen molar-refractivity contribution in [2.75, 3.05) is 47.1 Å². The smallest absolute Gasteiger partial charge is 0.224 e. The maximum Gasteiger partial charge on any atom is 0.224 e. The normalized spacial score (nSPS) is 10.9. The first-order valence-corrected chi connectivity index (χ1v) is 10.6. The molecule has 2 rings (SSSR count). The van der Waals surface area contributed by atoms with Crippen LogP contribution in [0.5, 0.6) is 17.4 Å². The van der Waals surface area contributed by atoms with Gasteiger partial charge < -0.3 is 29.6 Å². The molecule has 1 aromatic carbocycles. The number of para-hydroxylation sites is 2. The Morgan fingerprint density at radius 3 is 2.56 bits per heavy atom. The van der Waals surface area contributed by atoms with Crippen LogP contribution < -0.4 is 20.1 Å². The highest BCUT2D eigenvalue weighted by Gasteiger charge is 2.11. The van der Waals surface area contributed by atoms with E-state index in [1.54, 1.807) is 20.4 Å². The predicted molar refractivity (Wildman–Crippen MR) is 137 cm³/mol. The van der Waals surface area contributed by atoms with Crippen molar-refractivity contribution in [1.82, 2.24) is 15.6 Å². The Hall–Kier alpha value is -2.11. The highest BCUT2D eigenvalue weighted by atomic mass is 127. The average molecular weight is 558 g/mol. The summed E-state index contributed by atoms with van der Waals surface area (Å²) >= 11 is 0. The second kappa shape index (κ2) is 17.4. The number of aliphatic imine (C=N–C) groups is 1. The first-order valence-electron chi connectivity index (χ1n) is 10.6. The molecule has 9 heteroatoms. The minimum Gasteiger partial charge on any atom is -0.490 e. The number of guanidine groups is 1. The molecule has 2 aromatic rings. The summed E-state index contributed by atoms with van der Waals surface area (Å²) in [4.78, 5) is 8.67. The van der Waals surface area contributed by atoms with Gasteiger partial charge in [-0.05, 0) is 31.0 Å². The molecule has 0 atom stereocenters. The summed E-state index contributed by atoms with van der Waals surface area (Å²) < 4.78 is 22.3. The predicted octanol–water partition coefficient (Wildman–Crippen LogP) is 4.00. The van der Waals surface area contributed by atoms with Crippen LogP contribution >= 0.6 is 24.0 Å². The van der Waals surface area contributed by atoms with E-state index in [1.165, 1.54) is 0 Å². The standard InChI is InChI=1S/C23H34N4O4.HI/c1-4-14-30-20-10-5-6-11-21(20)31-22-19(9-7-12-25-22)18-27-23(24-2)26-13-8-15-29-17-16-28-3;/h5-7,9-12H,4,8,13-18H2,1-3H3,(H2,24,26,27);1H. The summed E-state index contributed by atoms with van der Waals surface area (Å²) in [6, 6.07) is 11.5. The summed E-state index contributed by atoms with van der Waals surface area (Å²) in [5, 5.41) is 6.58. The Balaban J connectivity index is 0.00000512. The third kappa shape index (κ3) is 10.5. The highest BCUT2D eigenvalue weighted by molar-refractivity contribution is 14.0. The van der Waals surface area contributed by atoms with E-state index in [0.717, 1.165) is 24.9 Å². The Bertz CT molecular complexity index is 792. The van der Waals surface area contributed by atoms with Crippen molar-refractivity contribution in [3.8, 4) is 17.4 Å². The topological polar surface area (TPSA) is 86.2 Å². The van der Waals surface area contributed by atoms with Crippen LogP contribution in [0.25, 0.3) is 0 Å². The van der Waals surface area contributed by atoms with Gasteiger partial charge in [-0.25, -0.2) is 4.98 Å². The Labute approximate surface area is 208 Å². The largest absolute Gasteiger partial charge is 0.490 e. The van der Waals surface area contributed by atoms with Crippen molar-refractivity contribution in [3.05, 3.63) is 48.2 Å². The summed E-state index contributed by atoms with van der Waals surface area (Å²) in [5.74, 6) is 2.59. The number of nitrogens with zero attached hydrogens (tertiary/aromatic N) is 2. The third-order valence-electron chi connectivity index (χ3n) is 4.23. The number of hydrogen-bond acceptors (Lipinski definition) is 6. The molecule has 0 bridgehead atoms. The molecule has 178 valence electrons. The Kier molecular flexibility index (Phi) is 15.2. The number of pyridine rings is 1. The second-order valence-electron chi connectivity index (χ2n) is 6.68. The van der Waals surface area contributed by atoms with Gasteiger partial charge in [0.05, 0.1) is 19.8 Å². The van der Waals surface area contributed by atoms with E-state index in [1.807, 2.05) is 36.4 Å². The number of aromatic nitrogens is 1. The van der Waals surface area contributed by atoms with Crippen LogP contribution in [0.3, 0.4) is 0 Å². The SMILES string of the molecule is CCCOc1ccccc1Oc1ncccc1CNC(=NC)NCCCOCCOC.I. The molecule has 0 fully saturated rings. The lowest BCUT2D eigenvalue weighted by molar-refractivity contribution is 0.0698. The highest BCUT2D eigenvalue weighted by Crippen LogP contribution is 2.31. The molecule has 1 heterocycles. The van der Waals surface area contributed by atoms with Crippen molar-refractivity contribution in [2.45, 2.75) is 26.3 Å². The van der Waals surface area contributed by atoms with Gasteiger partial charge in [0.25, 0.3) is 0 Å². The lowest BCUT2D eigenvalue weighted by Crippen LogP contribution is -2.37. The van der Waals surface area contributed by atoms with Crippen molar-refractivity contribution in [3.63, 3.8) is 0 Å². The average Bonchev–Trinajstić information content (AvgIpc) is 2.80. The molecule has 0 aliphatic carbocycles. The molecule has 0 aliphatic rings. The quantitative estimate of drug-likeness (QED) is 0.157. The summed E-state index contributed by atoms with van der Waals surface area (Å²) in [7, 11) is 3.41. The maximum absolute atomic E-state index is 6.09. The van der Waals surface area contributed by atoms with Gasteiger partial charge in [0.2, 0.25) is 5.88 Å². The lowest BCUT2D eigenvalue weighted by Gasteiger charge is -2.15. The molecule has 0 saturated carbocycles. The zero-order valence-corrected chi connectivity index (χ0v) is 21.5. The number of benzene rings is 1. The number of halogens is 1. The van der Waals surface area contributed by atoms with Crippen LogP contribution in [0.1, 0.15) is 25.3 Å². The molecule has 32 heavy (non-hydrogen) atoms. The minimum absolute atomic E-state index is 0. The Morgan fingerprint density at radius 2 is 1.81 bits per heavy atom. The van der Waals surface area contributed by atoms with Crippen LogP contribution in [0.4, 0.5) is 0 Å². The molecule has 0 aliphatic heterocycles. The zero-order valence-electron chi connectivity index (χ0n) is 19.1. The van der Waals surface area contributed by atoms with E-state index in [0.29, 0.717) is 56.3 Å². The number of rotatable bonds is 14. The molecule has 0 saturated heterocycles. The van der Waals surface area contributed by atoms with E-state index < -0.39 is 0 Å². The molecule has 2 N–H and O–H groups in total. The first-order chi connectivity index (χ1) is 15.3. The van der Waals surface area contributed by atoms with E-state index >= 15 is 0 Å². The molecule has 8 nitrogen and oxygen atoms in total. The second-order valence-corrected chi connectivity index (χ2v) is 6.68. The zero-order chi connectivity index (χ0) is 22.2. The number of ether oxygens (including phenoxy) is 4. The van der Waals surface area contributed by atoms with Gasteiger partial charge in [-0.15, -0.1) is 24.0 Å². The van der Waals surface area contributed by atoms with Crippen molar-refractivity contribution >= 4 is 29.9 Å². The van der Waals surface area contributed by atoms with E-state index in [4.69, 9.17) is 18.9 Å². The lowest BCUT2D eigenvalue weighted by atomic mass is 10.2. The first kappa shape index (κ1) is 27.9. The molecule has 0 spiro atoms. The molecule has 0 radical (unpaired) electrons. The van der Waals surface area contributed by atoms with Crippen LogP contribution in [0.15, 0.2) is 47.6 Å². The van der Waals surface area contributed by atoms with E-state index in [-0.39, 0.29) is 24.0 Å². The fourth-order valence-corrected chi connectivity index (χ4v) is 2.65. The van der Waals surface area contributed by atoms with Gasteiger partial charge in [-0.2, -0.15) is 0 Å². The van der Waals surface area contributed by atoms with Gasteiger partial charge in [-0.3, -0.25) is 4.99 Å². The van der Waals surface area contributed by atoms with Crippen molar-refractivity contribution < 1.29 is 18.9 Å². The molecular formula is C23H35IN4O4. The fourth-order valence-electron chi connectivity index (χ4n) is 2.65. The number of methoxy groups -OCH3 is 1. The van der Waals surface area contributed by atoms with Crippen LogP contribution in [0.2, 0.25) is 0 Å². The number of hydrogen-bond donors (Lipinski definition) is 2. The number of nitrogens with one attached hydrogen (secondary N) is 2. The van der Waals surface area contributed by atoms with Gasteiger partial charge in [0.15, 0.2) is 17.5 Å². The van der Waals surface area contributed by atoms with Crippen LogP contribution in [-0.4, -0.2) is 58.1 Å². The molecule has 0 amide bonds. The van der Waals surface area contributed by atoms with Crippen molar-refractivity contribution in [2.24, 2.45) is 4.99 Å². The van der Waals surface area contributed by atoms with Gasteiger partial charge in [0.1, 0.15) is 0 Å². The minimum atomic E-state index is 0. The summed E-state index contributed by atoms with van der Waals surface area (Å²) in [6.45, 7) is 5.88. The molecule has 1 aromatic heterocycles. The van der Waals surface area contributed by atoms with Crippen molar-refractivity contribution in [1.29, 1.82) is 0 Å². The third-order valence-corrected chi connectivity index (χ3v) is 4.23. The van der Waals surface area contributed by atoms with E-state index in [9.17, 15) is 0 Å². The summed E-state index contributed by atoms with van der Waals surface area (Å²) in [5.41, 5.74) is 0.915. The monoisotopic (exact) mass is 558 g/mol. The molecule has 0 unspecified atom stereocenters.